The Labute approximate surface area is 107 Å². The van der Waals surface area contributed by atoms with Crippen molar-refractivity contribution < 1.29 is 0 Å². The van der Waals surface area contributed by atoms with E-state index < -0.39 is 0 Å². The van der Waals surface area contributed by atoms with Gasteiger partial charge in [-0.1, -0.05) is 11.6 Å². The minimum Gasteiger partial charge on any atom is -0.330 e. The number of rotatable bonds is 3. The summed E-state index contributed by atoms with van der Waals surface area (Å²) in [7, 11) is 0. The van der Waals surface area contributed by atoms with Crippen molar-refractivity contribution >= 4 is 27.5 Å². The second-order valence-corrected chi connectivity index (χ2v) is 4.68. The summed E-state index contributed by atoms with van der Waals surface area (Å²) in [5.74, 6) is 0. The van der Waals surface area contributed by atoms with Crippen LogP contribution in [0.3, 0.4) is 0 Å². The van der Waals surface area contributed by atoms with Gasteiger partial charge >= 0.3 is 0 Å². The van der Waals surface area contributed by atoms with Gasteiger partial charge in [0.15, 0.2) is 0 Å². The Kier molecular flexibility index (Phi) is 3.63. The molecule has 0 atom stereocenters. The molecule has 0 amide bonds. The molecule has 0 aliphatic carbocycles. The number of nitrogens with zero attached hydrogens (tertiary/aromatic N) is 2. The molecule has 2 N–H and O–H groups in total. The lowest BCUT2D eigenvalue weighted by molar-refractivity contribution is 0.871. The van der Waals surface area contributed by atoms with Gasteiger partial charge in [-0.15, -0.1) is 0 Å². The molecule has 1 heterocycles. The van der Waals surface area contributed by atoms with Crippen LogP contribution in [0.5, 0.6) is 0 Å². The molecule has 84 valence electrons. The number of hydrogen-bond acceptors (Lipinski definition) is 2. The van der Waals surface area contributed by atoms with E-state index in [9.17, 15) is 0 Å². The van der Waals surface area contributed by atoms with Crippen molar-refractivity contribution in [3.63, 3.8) is 0 Å². The van der Waals surface area contributed by atoms with E-state index >= 15 is 0 Å². The molecular formula is C11H11BrClN3. The molecule has 0 radical (unpaired) electrons. The third-order valence-corrected chi connectivity index (χ3v) is 3.16. The second kappa shape index (κ2) is 4.99. The van der Waals surface area contributed by atoms with Crippen LogP contribution in [0.2, 0.25) is 5.02 Å². The smallest absolute Gasteiger partial charge is 0.0994 e. The molecule has 0 unspecified atom stereocenters. The maximum Gasteiger partial charge on any atom is 0.0994 e. The van der Waals surface area contributed by atoms with Gasteiger partial charge < -0.3 is 10.3 Å². The number of imidazole rings is 1. The fourth-order valence-electron chi connectivity index (χ4n) is 1.55. The lowest BCUT2D eigenvalue weighted by Crippen LogP contribution is -2.07. The van der Waals surface area contributed by atoms with Crippen LogP contribution >= 0.6 is 27.5 Å². The van der Waals surface area contributed by atoms with E-state index in [1.165, 1.54) is 0 Å². The van der Waals surface area contributed by atoms with E-state index in [1.54, 1.807) is 6.33 Å². The van der Waals surface area contributed by atoms with Crippen LogP contribution < -0.4 is 5.73 Å². The fourth-order valence-corrected chi connectivity index (χ4v) is 2.42. The second-order valence-electron chi connectivity index (χ2n) is 3.39. The lowest BCUT2D eigenvalue weighted by atomic mass is 10.3. The van der Waals surface area contributed by atoms with Crippen LogP contribution in [0, 0.1) is 0 Å². The van der Waals surface area contributed by atoms with Crippen molar-refractivity contribution in [1.29, 1.82) is 0 Å². The molecule has 0 aliphatic heterocycles. The summed E-state index contributed by atoms with van der Waals surface area (Å²) in [6.45, 7) is 0.608. The molecule has 0 fully saturated rings. The van der Waals surface area contributed by atoms with Crippen molar-refractivity contribution in [2.24, 2.45) is 5.73 Å². The zero-order valence-electron chi connectivity index (χ0n) is 8.53. The van der Waals surface area contributed by atoms with E-state index in [-0.39, 0.29) is 0 Å². The first-order valence-corrected chi connectivity index (χ1v) is 6.06. The zero-order valence-corrected chi connectivity index (χ0v) is 10.9. The highest BCUT2D eigenvalue weighted by Crippen LogP contribution is 2.25. The molecule has 0 bridgehead atoms. The Morgan fingerprint density at radius 1 is 1.44 bits per heavy atom. The molecule has 1 aromatic heterocycles. The minimum absolute atomic E-state index is 0.608. The van der Waals surface area contributed by atoms with Crippen LogP contribution in [-0.4, -0.2) is 16.1 Å². The first-order valence-electron chi connectivity index (χ1n) is 4.89. The van der Waals surface area contributed by atoms with Crippen LogP contribution in [0.4, 0.5) is 0 Å². The van der Waals surface area contributed by atoms with Crippen LogP contribution in [0.25, 0.3) is 5.69 Å². The largest absolute Gasteiger partial charge is 0.330 e. The number of hydrogen-bond donors (Lipinski definition) is 1. The molecule has 0 aliphatic rings. The van der Waals surface area contributed by atoms with Gasteiger partial charge in [-0.3, -0.25) is 0 Å². The van der Waals surface area contributed by atoms with Crippen LogP contribution in [0.15, 0.2) is 35.2 Å². The van der Waals surface area contributed by atoms with Crippen LogP contribution in [0.1, 0.15) is 5.69 Å². The highest BCUT2D eigenvalue weighted by molar-refractivity contribution is 9.10. The average Bonchev–Trinajstić information content (AvgIpc) is 2.67. The fraction of sp³-hybridized carbons (Fsp3) is 0.182. The Morgan fingerprint density at radius 2 is 2.25 bits per heavy atom. The van der Waals surface area contributed by atoms with Gasteiger partial charge in [0.05, 0.1) is 12.0 Å². The summed E-state index contributed by atoms with van der Waals surface area (Å²) in [5.41, 5.74) is 7.66. The van der Waals surface area contributed by atoms with Crippen molar-refractivity contribution in [3.8, 4) is 5.69 Å². The van der Waals surface area contributed by atoms with Gasteiger partial charge in [0.1, 0.15) is 0 Å². The van der Waals surface area contributed by atoms with Gasteiger partial charge in [-0.05, 0) is 40.7 Å². The topological polar surface area (TPSA) is 43.8 Å². The van der Waals surface area contributed by atoms with E-state index in [1.807, 2.05) is 29.0 Å². The molecular weight excluding hydrogens is 289 g/mol. The molecule has 5 heteroatoms. The SMILES string of the molecule is NCCc1cncn1-c1ccc(Cl)cc1Br. The summed E-state index contributed by atoms with van der Waals surface area (Å²) in [5, 5.41) is 0.705. The molecule has 2 rings (SSSR count). The van der Waals surface area contributed by atoms with E-state index in [0.29, 0.717) is 11.6 Å². The Bertz CT molecular complexity index is 496. The normalized spacial score (nSPS) is 10.7. The number of halogens is 2. The van der Waals surface area contributed by atoms with E-state index in [2.05, 4.69) is 20.9 Å². The molecule has 3 nitrogen and oxygen atoms in total. The molecule has 2 aromatic rings. The zero-order chi connectivity index (χ0) is 11.5. The highest BCUT2D eigenvalue weighted by Gasteiger charge is 2.07. The van der Waals surface area contributed by atoms with Gasteiger partial charge in [0.2, 0.25) is 0 Å². The molecule has 16 heavy (non-hydrogen) atoms. The van der Waals surface area contributed by atoms with Gasteiger partial charge in [-0.25, -0.2) is 4.98 Å². The van der Waals surface area contributed by atoms with Crippen molar-refractivity contribution in [3.05, 3.63) is 45.9 Å². The van der Waals surface area contributed by atoms with Crippen LogP contribution in [-0.2, 0) is 6.42 Å². The van der Waals surface area contributed by atoms with Crippen molar-refractivity contribution in [2.45, 2.75) is 6.42 Å². The predicted molar refractivity (Wildman–Crippen MR) is 69.0 cm³/mol. The first-order chi connectivity index (χ1) is 7.72. The summed E-state index contributed by atoms with van der Waals surface area (Å²) in [6.07, 6.45) is 4.40. The summed E-state index contributed by atoms with van der Waals surface area (Å²) in [6, 6.07) is 5.67. The maximum atomic E-state index is 5.90. The predicted octanol–water partition coefficient (Wildman–Crippen LogP) is 2.79. The first kappa shape index (κ1) is 11.6. The average molecular weight is 301 g/mol. The number of aromatic nitrogens is 2. The van der Waals surface area contributed by atoms with Crippen molar-refractivity contribution in [1.82, 2.24) is 9.55 Å². The summed E-state index contributed by atoms with van der Waals surface area (Å²) >= 11 is 9.39. The molecule has 1 aromatic carbocycles. The summed E-state index contributed by atoms with van der Waals surface area (Å²) < 4.78 is 2.95. The maximum absolute atomic E-state index is 5.90. The van der Waals surface area contributed by atoms with Crippen molar-refractivity contribution in [2.75, 3.05) is 6.54 Å². The highest BCUT2D eigenvalue weighted by atomic mass is 79.9. The Morgan fingerprint density at radius 3 is 2.94 bits per heavy atom. The lowest BCUT2D eigenvalue weighted by Gasteiger charge is -2.09. The quantitative estimate of drug-likeness (QED) is 0.947. The molecule has 0 saturated heterocycles. The van der Waals surface area contributed by atoms with Gasteiger partial charge in [0, 0.05) is 27.8 Å². The Balaban J connectivity index is 2.46. The van der Waals surface area contributed by atoms with E-state index in [0.717, 1.165) is 22.3 Å². The standard InChI is InChI=1S/C11H11BrClN3/c12-10-5-8(13)1-2-11(10)16-7-15-6-9(16)3-4-14/h1-2,5-7H,3-4,14H2. The number of benzene rings is 1. The molecule has 0 spiro atoms. The minimum atomic E-state index is 0.608. The Hall–Kier alpha value is -0.840. The molecule has 0 saturated carbocycles. The monoisotopic (exact) mass is 299 g/mol. The summed E-state index contributed by atoms with van der Waals surface area (Å²) in [4.78, 5) is 4.13. The third-order valence-electron chi connectivity index (χ3n) is 2.28. The van der Waals surface area contributed by atoms with E-state index in [4.69, 9.17) is 17.3 Å². The van der Waals surface area contributed by atoms with Gasteiger partial charge in [-0.2, -0.15) is 0 Å². The van der Waals surface area contributed by atoms with Gasteiger partial charge in [0.25, 0.3) is 0 Å². The number of nitrogens with two attached hydrogens (primary N) is 1. The third kappa shape index (κ3) is 2.29.